The molecular formula is C11H10F2N2S. The molecule has 0 aliphatic rings. The normalized spacial score (nSPS) is 10.4. The van der Waals surface area contributed by atoms with Gasteiger partial charge in [0.2, 0.25) is 0 Å². The van der Waals surface area contributed by atoms with Crippen LogP contribution in [0.3, 0.4) is 0 Å². The first kappa shape index (κ1) is 11.0. The zero-order valence-electron chi connectivity index (χ0n) is 8.63. The fourth-order valence-electron chi connectivity index (χ4n) is 1.29. The zero-order valence-corrected chi connectivity index (χ0v) is 9.44. The van der Waals surface area contributed by atoms with Crippen molar-refractivity contribution in [2.24, 2.45) is 0 Å². The van der Waals surface area contributed by atoms with Gasteiger partial charge < -0.3 is 5.32 Å². The molecule has 1 aromatic heterocycles. The Morgan fingerprint density at radius 3 is 2.88 bits per heavy atom. The van der Waals surface area contributed by atoms with Crippen LogP contribution in [-0.2, 0) is 6.54 Å². The van der Waals surface area contributed by atoms with Gasteiger partial charge in [0.15, 0.2) is 16.8 Å². The molecule has 2 nitrogen and oxygen atoms in total. The molecule has 1 N–H and O–H groups in total. The van der Waals surface area contributed by atoms with E-state index in [2.05, 4.69) is 10.3 Å². The van der Waals surface area contributed by atoms with Crippen molar-refractivity contribution in [1.82, 2.24) is 4.98 Å². The molecule has 84 valence electrons. The summed E-state index contributed by atoms with van der Waals surface area (Å²) in [5, 5.41) is 3.66. The molecule has 16 heavy (non-hydrogen) atoms. The van der Waals surface area contributed by atoms with Gasteiger partial charge in [0.25, 0.3) is 0 Å². The van der Waals surface area contributed by atoms with Gasteiger partial charge in [0.1, 0.15) is 0 Å². The molecule has 0 bridgehead atoms. The van der Waals surface area contributed by atoms with Gasteiger partial charge in [-0.3, -0.25) is 0 Å². The van der Waals surface area contributed by atoms with Crippen LogP contribution < -0.4 is 5.32 Å². The number of halogens is 2. The van der Waals surface area contributed by atoms with Crippen LogP contribution in [0.25, 0.3) is 0 Å². The highest BCUT2D eigenvalue weighted by molar-refractivity contribution is 7.15. The van der Waals surface area contributed by atoms with Crippen molar-refractivity contribution in [3.8, 4) is 0 Å². The van der Waals surface area contributed by atoms with Crippen LogP contribution in [0.15, 0.2) is 24.4 Å². The molecule has 0 atom stereocenters. The van der Waals surface area contributed by atoms with Crippen molar-refractivity contribution < 1.29 is 8.78 Å². The lowest BCUT2D eigenvalue weighted by atomic mass is 10.2. The second-order valence-corrected chi connectivity index (χ2v) is 4.58. The Hall–Kier alpha value is -1.49. The van der Waals surface area contributed by atoms with Crippen molar-refractivity contribution in [2.75, 3.05) is 5.32 Å². The third-order valence-corrected chi connectivity index (χ3v) is 2.95. The van der Waals surface area contributed by atoms with E-state index >= 15 is 0 Å². The van der Waals surface area contributed by atoms with Crippen molar-refractivity contribution in [1.29, 1.82) is 0 Å². The number of aryl methyl sites for hydroxylation is 1. The van der Waals surface area contributed by atoms with E-state index in [1.807, 2.05) is 6.92 Å². The summed E-state index contributed by atoms with van der Waals surface area (Å²) in [6, 6.07) is 4.14. The Balaban J connectivity index is 2.07. The van der Waals surface area contributed by atoms with E-state index in [4.69, 9.17) is 0 Å². The molecular weight excluding hydrogens is 230 g/mol. The maximum absolute atomic E-state index is 13.3. The molecule has 0 amide bonds. The van der Waals surface area contributed by atoms with Crippen molar-refractivity contribution in [2.45, 2.75) is 13.5 Å². The molecule has 0 aliphatic heterocycles. The first-order valence-electron chi connectivity index (χ1n) is 4.76. The van der Waals surface area contributed by atoms with Gasteiger partial charge in [0, 0.05) is 23.2 Å². The minimum Gasteiger partial charge on any atom is -0.357 e. The molecule has 0 aliphatic carbocycles. The SMILES string of the molecule is Cc1cnc(NCc2cccc(F)c2F)s1. The lowest BCUT2D eigenvalue weighted by Crippen LogP contribution is -2.02. The summed E-state index contributed by atoms with van der Waals surface area (Å²) in [6.45, 7) is 2.17. The van der Waals surface area contributed by atoms with E-state index in [1.165, 1.54) is 17.4 Å². The quantitative estimate of drug-likeness (QED) is 0.890. The third-order valence-electron chi connectivity index (χ3n) is 2.08. The van der Waals surface area contributed by atoms with E-state index in [1.54, 1.807) is 12.3 Å². The number of hydrogen-bond donors (Lipinski definition) is 1. The largest absolute Gasteiger partial charge is 0.357 e. The molecule has 0 spiro atoms. The van der Waals surface area contributed by atoms with Crippen LogP contribution >= 0.6 is 11.3 Å². The summed E-state index contributed by atoms with van der Waals surface area (Å²) < 4.78 is 26.2. The Morgan fingerprint density at radius 2 is 2.19 bits per heavy atom. The highest BCUT2D eigenvalue weighted by Crippen LogP contribution is 2.18. The number of rotatable bonds is 3. The smallest absolute Gasteiger partial charge is 0.183 e. The summed E-state index contributed by atoms with van der Waals surface area (Å²) >= 11 is 1.48. The topological polar surface area (TPSA) is 24.9 Å². The minimum absolute atomic E-state index is 0.233. The van der Waals surface area contributed by atoms with Gasteiger partial charge >= 0.3 is 0 Å². The summed E-state index contributed by atoms with van der Waals surface area (Å²) in [5.41, 5.74) is 0.299. The van der Waals surface area contributed by atoms with Crippen LogP contribution in [-0.4, -0.2) is 4.98 Å². The number of thiazole rings is 1. The van der Waals surface area contributed by atoms with Crippen molar-refractivity contribution in [3.63, 3.8) is 0 Å². The molecule has 0 fully saturated rings. The van der Waals surface area contributed by atoms with Gasteiger partial charge in [-0.05, 0) is 13.0 Å². The lowest BCUT2D eigenvalue weighted by molar-refractivity contribution is 0.500. The second kappa shape index (κ2) is 4.57. The van der Waals surface area contributed by atoms with Crippen LogP contribution in [0.2, 0.25) is 0 Å². The van der Waals surface area contributed by atoms with E-state index in [0.717, 1.165) is 10.9 Å². The average molecular weight is 240 g/mol. The molecule has 2 rings (SSSR count). The summed E-state index contributed by atoms with van der Waals surface area (Å²) in [7, 11) is 0. The third kappa shape index (κ3) is 2.36. The van der Waals surface area contributed by atoms with Crippen LogP contribution in [0.1, 0.15) is 10.4 Å². The average Bonchev–Trinajstić information content (AvgIpc) is 2.67. The van der Waals surface area contributed by atoms with E-state index < -0.39 is 11.6 Å². The summed E-state index contributed by atoms with van der Waals surface area (Å²) in [5.74, 6) is -1.63. The predicted molar refractivity (Wildman–Crippen MR) is 60.5 cm³/mol. The fourth-order valence-corrected chi connectivity index (χ4v) is 1.95. The lowest BCUT2D eigenvalue weighted by Gasteiger charge is -2.04. The zero-order chi connectivity index (χ0) is 11.5. The van der Waals surface area contributed by atoms with Crippen LogP contribution in [0, 0.1) is 18.6 Å². The monoisotopic (exact) mass is 240 g/mol. The Bertz CT molecular complexity index is 496. The van der Waals surface area contributed by atoms with E-state index in [-0.39, 0.29) is 6.54 Å². The number of nitrogens with one attached hydrogen (secondary N) is 1. The molecule has 2 aromatic rings. The number of aromatic nitrogens is 1. The number of hydrogen-bond acceptors (Lipinski definition) is 3. The molecule has 0 saturated heterocycles. The van der Waals surface area contributed by atoms with E-state index in [0.29, 0.717) is 10.7 Å². The number of nitrogens with zero attached hydrogens (tertiary/aromatic N) is 1. The van der Waals surface area contributed by atoms with Crippen LogP contribution in [0.5, 0.6) is 0 Å². The van der Waals surface area contributed by atoms with Gasteiger partial charge in [-0.15, -0.1) is 11.3 Å². The first-order valence-corrected chi connectivity index (χ1v) is 5.57. The summed E-state index contributed by atoms with van der Waals surface area (Å²) in [6.07, 6.45) is 1.73. The van der Waals surface area contributed by atoms with Gasteiger partial charge in [0.05, 0.1) is 0 Å². The number of benzene rings is 1. The maximum Gasteiger partial charge on any atom is 0.183 e. The molecule has 1 aromatic carbocycles. The fraction of sp³-hybridized carbons (Fsp3) is 0.182. The Morgan fingerprint density at radius 1 is 1.38 bits per heavy atom. The molecule has 1 heterocycles. The molecule has 0 unspecified atom stereocenters. The van der Waals surface area contributed by atoms with Gasteiger partial charge in [-0.1, -0.05) is 12.1 Å². The van der Waals surface area contributed by atoms with Crippen LogP contribution in [0.4, 0.5) is 13.9 Å². The van der Waals surface area contributed by atoms with Crippen molar-refractivity contribution >= 4 is 16.5 Å². The molecule has 5 heteroatoms. The van der Waals surface area contributed by atoms with Gasteiger partial charge in [-0.25, -0.2) is 13.8 Å². The maximum atomic E-state index is 13.3. The Kier molecular flexibility index (Phi) is 3.14. The summed E-state index contributed by atoms with van der Waals surface area (Å²) in [4.78, 5) is 5.15. The van der Waals surface area contributed by atoms with Crippen molar-refractivity contribution in [3.05, 3.63) is 46.5 Å². The predicted octanol–water partition coefficient (Wildman–Crippen LogP) is 3.34. The standard InChI is InChI=1S/C11H10F2N2S/c1-7-5-14-11(16-7)15-6-8-3-2-4-9(12)10(8)13/h2-5H,6H2,1H3,(H,14,15). The Labute approximate surface area is 96.0 Å². The first-order chi connectivity index (χ1) is 7.66. The highest BCUT2D eigenvalue weighted by atomic mass is 32.1. The minimum atomic E-state index is -0.824. The second-order valence-electron chi connectivity index (χ2n) is 3.34. The molecule has 0 radical (unpaired) electrons. The van der Waals surface area contributed by atoms with E-state index in [9.17, 15) is 8.78 Å². The number of anilines is 1. The van der Waals surface area contributed by atoms with Gasteiger partial charge in [-0.2, -0.15) is 0 Å². The highest BCUT2D eigenvalue weighted by Gasteiger charge is 2.07. The molecule has 0 saturated carbocycles.